The van der Waals surface area contributed by atoms with Crippen LogP contribution in [0.25, 0.3) is 10.9 Å². The normalized spacial score (nSPS) is 19.4. The van der Waals surface area contributed by atoms with Crippen molar-refractivity contribution in [2.75, 3.05) is 7.05 Å². The molecular weight excluding hydrogens is 402 g/mol. The average Bonchev–Trinajstić information content (AvgIpc) is 3.11. The van der Waals surface area contributed by atoms with Gasteiger partial charge in [-0.2, -0.15) is 0 Å². The van der Waals surface area contributed by atoms with Crippen LogP contribution in [0.2, 0.25) is 0 Å². The molecule has 2 atom stereocenters. The number of hydrogen-bond acceptors (Lipinski definition) is 3. The molecule has 3 aromatic rings. The topological polar surface area (TPSA) is 54.8 Å². The van der Waals surface area contributed by atoms with Crippen LogP contribution in [0.4, 0.5) is 0 Å². The number of benzene rings is 2. The molecule has 32 heavy (non-hydrogen) atoms. The second-order valence-corrected chi connectivity index (χ2v) is 9.02. The number of nitrogens with zero attached hydrogens (tertiary/aromatic N) is 3. The molecule has 0 radical (unpaired) electrons. The summed E-state index contributed by atoms with van der Waals surface area (Å²) in [5.41, 5.74) is 3.11. The number of aryl methyl sites for hydroxylation is 1. The molecule has 6 heteroatoms. The number of piperazine rings is 1. The lowest BCUT2D eigenvalue weighted by atomic mass is 9.95. The number of para-hydroxylation sites is 1. The van der Waals surface area contributed by atoms with Crippen LogP contribution < -0.4 is 0 Å². The Balaban J connectivity index is 1.62. The largest absolute Gasteiger partial charge is 0.350 e. The summed E-state index contributed by atoms with van der Waals surface area (Å²) in [6, 6.07) is 16.6. The first kappa shape index (κ1) is 22.1. The van der Waals surface area contributed by atoms with Crippen LogP contribution in [-0.2, 0) is 34.5 Å². The van der Waals surface area contributed by atoms with Gasteiger partial charge in [0.2, 0.25) is 5.91 Å². The number of carbonyl (C=O) groups is 2. The van der Waals surface area contributed by atoms with Crippen LogP contribution in [0, 0.1) is 5.92 Å². The highest BCUT2D eigenvalue weighted by molar-refractivity contribution is 5.97. The molecule has 2 amide bonds. The van der Waals surface area contributed by atoms with Gasteiger partial charge in [-0.15, -0.1) is 0 Å². The number of fused-ring (bicyclic) bond motifs is 1. The molecular formula is C26H31N3O3. The molecule has 0 aliphatic carbocycles. The zero-order valence-electron chi connectivity index (χ0n) is 19.2. The van der Waals surface area contributed by atoms with Crippen LogP contribution in [0.3, 0.4) is 0 Å². The predicted molar refractivity (Wildman–Crippen MR) is 125 cm³/mol. The first-order chi connectivity index (χ1) is 15.4. The van der Waals surface area contributed by atoms with Gasteiger partial charge in [-0.1, -0.05) is 62.4 Å². The minimum atomic E-state index is -0.611. The average molecular weight is 434 g/mol. The van der Waals surface area contributed by atoms with E-state index in [1.54, 1.807) is 11.9 Å². The number of carbonyl (C=O) groups excluding carboxylic acids is 2. The number of aromatic nitrogens is 1. The van der Waals surface area contributed by atoms with Crippen molar-refractivity contribution >= 4 is 22.7 Å². The molecule has 1 fully saturated rings. The van der Waals surface area contributed by atoms with Gasteiger partial charge in [0, 0.05) is 37.6 Å². The van der Waals surface area contributed by atoms with Crippen molar-refractivity contribution in [2.24, 2.45) is 13.0 Å². The second kappa shape index (κ2) is 9.17. The molecule has 0 saturated carbocycles. The van der Waals surface area contributed by atoms with E-state index in [9.17, 15) is 9.59 Å². The van der Waals surface area contributed by atoms with Gasteiger partial charge >= 0.3 is 0 Å². The van der Waals surface area contributed by atoms with Gasteiger partial charge in [-0.25, -0.2) is 5.06 Å². The molecule has 168 valence electrons. The van der Waals surface area contributed by atoms with Crippen molar-refractivity contribution in [1.82, 2.24) is 14.5 Å². The lowest BCUT2D eigenvalue weighted by Gasteiger charge is -2.43. The first-order valence-corrected chi connectivity index (χ1v) is 11.2. The third-order valence-corrected chi connectivity index (χ3v) is 6.19. The summed E-state index contributed by atoms with van der Waals surface area (Å²) in [4.78, 5) is 34.6. The summed E-state index contributed by atoms with van der Waals surface area (Å²) < 4.78 is 2.06. The van der Waals surface area contributed by atoms with Gasteiger partial charge in [-0.3, -0.25) is 14.4 Å². The van der Waals surface area contributed by atoms with Crippen molar-refractivity contribution in [3.63, 3.8) is 0 Å². The zero-order valence-corrected chi connectivity index (χ0v) is 19.2. The van der Waals surface area contributed by atoms with E-state index in [2.05, 4.69) is 30.5 Å². The van der Waals surface area contributed by atoms with Crippen LogP contribution in [0.5, 0.6) is 0 Å². The molecule has 0 spiro atoms. The smallest absolute Gasteiger partial charge is 0.269 e. The molecule has 2 heterocycles. The van der Waals surface area contributed by atoms with E-state index in [0.717, 1.165) is 22.0 Å². The van der Waals surface area contributed by atoms with Crippen molar-refractivity contribution in [2.45, 2.75) is 45.4 Å². The maximum atomic E-state index is 13.6. The zero-order chi connectivity index (χ0) is 22.8. The summed E-state index contributed by atoms with van der Waals surface area (Å²) in [6.07, 6.45) is 3.05. The van der Waals surface area contributed by atoms with Gasteiger partial charge < -0.3 is 9.47 Å². The Morgan fingerprint density at radius 2 is 1.59 bits per heavy atom. The van der Waals surface area contributed by atoms with Crippen LogP contribution in [0.1, 0.15) is 31.4 Å². The Labute approximate surface area is 189 Å². The highest BCUT2D eigenvalue weighted by Crippen LogP contribution is 2.28. The van der Waals surface area contributed by atoms with Gasteiger partial charge in [-0.05, 0) is 29.5 Å². The maximum absolute atomic E-state index is 13.6. The summed E-state index contributed by atoms with van der Waals surface area (Å²) in [5, 5.41) is 2.45. The standard InChI is InChI=1S/C26H31N3O3/c1-18(2)14-24-25(30)28(4)23(15-20-16-27(3)22-13-9-8-12-21(20)22)26(31)29(24)32-17-19-10-6-5-7-11-19/h5-13,16,18,23-24H,14-15,17H2,1-4H3/t23-,24-/m0/s1. The minimum Gasteiger partial charge on any atom is -0.350 e. The van der Waals surface area contributed by atoms with Crippen LogP contribution in [0.15, 0.2) is 60.8 Å². The first-order valence-electron chi connectivity index (χ1n) is 11.2. The summed E-state index contributed by atoms with van der Waals surface area (Å²) in [7, 11) is 3.73. The van der Waals surface area contributed by atoms with Gasteiger partial charge in [0.25, 0.3) is 5.91 Å². The molecule has 0 N–H and O–H groups in total. The van der Waals surface area contributed by atoms with E-state index in [1.165, 1.54) is 5.06 Å². The third kappa shape index (κ3) is 4.28. The molecule has 0 bridgehead atoms. The fraction of sp³-hybridized carbons (Fsp3) is 0.385. The molecule has 1 aliphatic heterocycles. The third-order valence-electron chi connectivity index (χ3n) is 6.19. The Hall–Kier alpha value is -3.12. The summed E-state index contributed by atoms with van der Waals surface area (Å²) in [6.45, 7) is 4.35. The molecule has 4 rings (SSSR count). The Morgan fingerprint density at radius 3 is 2.31 bits per heavy atom. The minimum absolute atomic E-state index is 0.0726. The van der Waals surface area contributed by atoms with Gasteiger partial charge in [0.05, 0.1) is 0 Å². The number of likely N-dealkylation sites (N-methyl/N-ethyl adjacent to an activating group) is 1. The molecule has 0 unspecified atom stereocenters. The molecule has 2 aromatic carbocycles. The van der Waals surface area contributed by atoms with E-state index in [1.807, 2.05) is 55.7 Å². The lowest BCUT2D eigenvalue weighted by Crippen LogP contribution is -2.64. The van der Waals surface area contributed by atoms with Crippen LogP contribution in [-0.4, -0.2) is 45.5 Å². The number of hydroxylamine groups is 2. The highest BCUT2D eigenvalue weighted by atomic mass is 16.7. The van der Waals surface area contributed by atoms with Crippen molar-refractivity contribution < 1.29 is 14.4 Å². The number of amides is 2. The number of hydrogen-bond donors (Lipinski definition) is 0. The Bertz CT molecular complexity index is 1110. The van der Waals surface area contributed by atoms with E-state index in [0.29, 0.717) is 12.8 Å². The molecule has 1 aromatic heterocycles. The Kier molecular flexibility index (Phi) is 6.33. The molecule has 1 aliphatic rings. The highest BCUT2D eigenvalue weighted by Gasteiger charge is 2.45. The van der Waals surface area contributed by atoms with Crippen molar-refractivity contribution in [3.8, 4) is 0 Å². The van der Waals surface area contributed by atoms with E-state index < -0.39 is 12.1 Å². The van der Waals surface area contributed by atoms with E-state index in [4.69, 9.17) is 4.84 Å². The lowest BCUT2D eigenvalue weighted by molar-refractivity contribution is -0.224. The fourth-order valence-electron chi connectivity index (χ4n) is 4.49. The SMILES string of the molecule is CC(C)C[C@H]1C(=O)N(C)[C@@H](Cc2cn(C)c3ccccc23)C(=O)N1OCc1ccccc1. The second-order valence-electron chi connectivity index (χ2n) is 9.02. The molecule has 6 nitrogen and oxygen atoms in total. The monoisotopic (exact) mass is 433 g/mol. The Morgan fingerprint density at radius 1 is 0.906 bits per heavy atom. The van der Waals surface area contributed by atoms with E-state index in [-0.39, 0.29) is 24.3 Å². The van der Waals surface area contributed by atoms with E-state index >= 15 is 0 Å². The predicted octanol–water partition coefficient (Wildman–Crippen LogP) is 3.94. The number of rotatable bonds is 7. The van der Waals surface area contributed by atoms with Gasteiger partial charge in [0.15, 0.2) is 0 Å². The fourth-order valence-corrected chi connectivity index (χ4v) is 4.49. The summed E-state index contributed by atoms with van der Waals surface area (Å²) in [5.74, 6) is 0.0146. The molecule has 1 saturated heterocycles. The quantitative estimate of drug-likeness (QED) is 0.567. The summed E-state index contributed by atoms with van der Waals surface area (Å²) >= 11 is 0. The van der Waals surface area contributed by atoms with Crippen molar-refractivity contribution in [3.05, 3.63) is 71.9 Å². The maximum Gasteiger partial charge on any atom is 0.269 e. The van der Waals surface area contributed by atoms with Gasteiger partial charge in [0.1, 0.15) is 18.7 Å². The van der Waals surface area contributed by atoms with Crippen molar-refractivity contribution in [1.29, 1.82) is 0 Å². The van der Waals surface area contributed by atoms with Crippen LogP contribution >= 0.6 is 0 Å².